The smallest absolute Gasteiger partial charge is 0.240 e. The number of carbonyl (C=O) groups is 1. The Balaban J connectivity index is 1.84. The van der Waals surface area contributed by atoms with Gasteiger partial charge in [-0.25, -0.2) is 17.5 Å². The summed E-state index contributed by atoms with van der Waals surface area (Å²) in [5, 5.41) is 2.83. The Morgan fingerprint density at radius 3 is 2.31 bits per heavy atom. The fourth-order valence-corrected chi connectivity index (χ4v) is 3.65. The lowest BCUT2D eigenvalue weighted by atomic mass is 10.1. The number of benzene rings is 2. The highest BCUT2D eigenvalue weighted by Gasteiger charge is 2.14. The fourth-order valence-electron chi connectivity index (χ4n) is 2.61. The summed E-state index contributed by atoms with van der Waals surface area (Å²) < 4.78 is 39.6. The van der Waals surface area contributed by atoms with Crippen LogP contribution in [0.5, 0.6) is 0 Å². The number of nitrogens with zero attached hydrogens (tertiary/aromatic N) is 1. The van der Waals surface area contributed by atoms with E-state index in [9.17, 15) is 17.6 Å². The molecule has 8 heteroatoms. The summed E-state index contributed by atoms with van der Waals surface area (Å²) in [4.78, 5) is 14.3. The lowest BCUT2D eigenvalue weighted by molar-refractivity contribution is -0.121. The zero-order chi connectivity index (χ0) is 21.4. The molecule has 0 aliphatic rings. The van der Waals surface area contributed by atoms with Gasteiger partial charge in [-0.2, -0.15) is 0 Å². The Labute approximate surface area is 172 Å². The van der Waals surface area contributed by atoms with Crippen molar-refractivity contribution in [2.45, 2.75) is 44.3 Å². The third-order valence-electron chi connectivity index (χ3n) is 4.66. The number of hydrogen-bond acceptors (Lipinski definition) is 4. The van der Waals surface area contributed by atoms with Gasteiger partial charge in [0.2, 0.25) is 15.9 Å². The van der Waals surface area contributed by atoms with E-state index in [1.165, 1.54) is 12.1 Å². The standard InChI is InChI=1S/C21H28FN3O3S/c1-16(2)25(3)15-18-7-5-4-6-17(18)14-23-21(26)12-13-24-29(27,28)20-10-8-19(22)9-11-20/h4-11,16,24H,12-15H2,1-3H3,(H,23,26). The molecule has 0 radical (unpaired) electrons. The largest absolute Gasteiger partial charge is 0.352 e. The highest BCUT2D eigenvalue weighted by Crippen LogP contribution is 2.13. The van der Waals surface area contributed by atoms with E-state index in [0.717, 1.165) is 29.8 Å². The van der Waals surface area contributed by atoms with Crippen LogP contribution in [-0.4, -0.2) is 38.9 Å². The Hall–Kier alpha value is -2.29. The lowest BCUT2D eigenvalue weighted by Gasteiger charge is -2.22. The van der Waals surface area contributed by atoms with Crippen molar-refractivity contribution in [3.63, 3.8) is 0 Å². The van der Waals surface area contributed by atoms with E-state index in [2.05, 4.69) is 28.8 Å². The SMILES string of the molecule is CC(C)N(C)Cc1ccccc1CNC(=O)CCNS(=O)(=O)c1ccc(F)cc1. The van der Waals surface area contributed by atoms with Crippen LogP contribution in [0.15, 0.2) is 53.4 Å². The highest BCUT2D eigenvalue weighted by molar-refractivity contribution is 7.89. The van der Waals surface area contributed by atoms with Gasteiger partial charge in [-0.1, -0.05) is 24.3 Å². The molecule has 0 heterocycles. The van der Waals surface area contributed by atoms with Crippen LogP contribution in [-0.2, 0) is 27.9 Å². The second-order valence-corrected chi connectivity index (χ2v) is 8.92. The first-order valence-corrected chi connectivity index (χ1v) is 11.0. The van der Waals surface area contributed by atoms with E-state index in [-0.39, 0.29) is 23.8 Å². The van der Waals surface area contributed by atoms with Gasteiger partial charge in [-0.3, -0.25) is 9.69 Å². The third-order valence-corrected chi connectivity index (χ3v) is 6.14. The van der Waals surface area contributed by atoms with Gasteiger partial charge in [0.25, 0.3) is 0 Å². The number of hydrogen-bond donors (Lipinski definition) is 2. The van der Waals surface area contributed by atoms with Crippen LogP contribution in [0.3, 0.4) is 0 Å². The molecule has 6 nitrogen and oxygen atoms in total. The van der Waals surface area contributed by atoms with Crippen molar-refractivity contribution in [3.05, 3.63) is 65.5 Å². The average molecular weight is 422 g/mol. The molecule has 2 aromatic rings. The fraction of sp³-hybridized carbons (Fsp3) is 0.381. The van der Waals surface area contributed by atoms with Crippen LogP contribution in [0.1, 0.15) is 31.4 Å². The average Bonchev–Trinajstić information content (AvgIpc) is 2.67. The van der Waals surface area contributed by atoms with Crippen molar-refractivity contribution < 1.29 is 17.6 Å². The summed E-state index contributed by atoms with van der Waals surface area (Å²) in [6.07, 6.45) is 0.00842. The molecule has 158 valence electrons. The second-order valence-electron chi connectivity index (χ2n) is 7.16. The van der Waals surface area contributed by atoms with Crippen LogP contribution in [0, 0.1) is 5.82 Å². The summed E-state index contributed by atoms with van der Waals surface area (Å²) in [6, 6.07) is 12.8. The number of nitrogens with one attached hydrogen (secondary N) is 2. The number of rotatable bonds is 10. The predicted molar refractivity (Wildman–Crippen MR) is 111 cm³/mol. The molecule has 0 aromatic heterocycles. The Kier molecular flexibility index (Phi) is 8.31. The number of amides is 1. The van der Waals surface area contributed by atoms with Gasteiger partial charge in [0.1, 0.15) is 5.82 Å². The van der Waals surface area contributed by atoms with Crippen LogP contribution in [0.4, 0.5) is 4.39 Å². The lowest BCUT2D eigenvalue weighted by Crippen LogP contribution is -2.31. The van der Waals surface area contributed by atoms with Crippen molar-refractivity contribution in [2.24, 2.45) is 0 Å². The molecule has 29 heavy (non-hydrogen) atoms. The first-order chi connectivity index (χ1) is 13.7. The maximum absolute atomic E-state index is 12.9. The van der Waals surface area contributed by atoms with Crippen molar-refractivity contribution >= 4 is 15.9 Å². The minimum absolute atomic E-state index is 0.00842. The topological polar surface area (TPSA) is 78.5 Å². The van der Waals surface area contributed by atoms with Crippen LogP contribution < -0.4 is 10.0 Å². The van der Waals surface area contributed by atoms with Crippen molar-refractivity contribution in [1.29, 1.82) is 0 Å². The molecule has 0 saturated carbocycles. The quantitative estimate of drug-likeness (QED) is 0.618. The van der Waals surface area contributed by atoms with Gasteiger partial charge >= 0.3 is 0 Å². The molecule has 2 N–H and O–H groups in total. The molecule has 0 atom stereocenters. The normalized spacial score (nSPS) is 11.8. The van der Waals surface area contributed by atoms with Gasteiger partial charge in [-0.15, -0.1) is 0 Å². The van der Waals surface area contributed by atoms with Crippen LogP contribution >= 0.6 is 0 Å². The summed E-state index contributed by atoms with van der Waals surface area (Å²) in [5.74, 6) is -0.762. The van der Waals surface area contributed by atoms with E-state index in [0.29, 0.717) is 12.6 Å². The maximum atomic E-state index is 12.9. The molecule has 1 amide bonds. The molecule has 0 aliphatic carbocycles. The van der Waals surface area contributed by atoms with Gasteiger partial charge in [0.15, 0.2) is 0 Å². The molecule has 0 aliphatic heterocycles. The monoisotopic (exact) mass is 421 g/mol. The number of sulfonamides is 1. The highest BCUT2D eigenvalue weighted by atomic mass is 32.2. The van der Waals surface area contributed by atoms with Crippen molar-refractivity contribution in [1.82, 2.24) is 14.9 Å². The molecule has 2 rings (SSSR count). The van der Waals surface area contributed by atoms with E-state index in [1.54, 1.807) is 0 Å². The zero-order valence-corrected chi connectivity index (χ0v) is 17.8. The van der Waals surface area contributed by atoms with E-state index < -0.39 is 15.8 Å². The predicted octanol–water partition coefficient (Wildman–Crippen LogP) is 2.65. The number of carbonyl (C=O) groups excluding carboxylic acids is 1. The minimum atomic E-state index is -3.77. The van der Waals surface area contributed by atoms with Gasteiger partial charge in [0, 0.05) is 32.1 Å². The molecule has 0 fully saturated rings. The molecule has 0 spiro atoms. The maximum Gasteiger partial charge on any atom is 0.240 e. The first-order valence-electron chi connectivity index (χ1n) is 9.48. The molecule has 2 aromatic carbocycles. The Morgan fingerprint density at radius 2 is 1.69 bits per heavy atom. The van der Waals surface area contributed by atoms with Crippen LogP contribution in [0.25, 0.3) is 0 Å². The van der Waals surface area contributed by atoms with E-state index in [4.69, 9.17) is 0 Å². The molecular formula is C21H28FN3O3S. The second kappa shape index (κ2) is 10.5. The van der Waals surface area contributed by atoms with Gasteiger partial charge in [-0.05, 0) is 56.3 Å². The van der Waals surface area contributed by atoms with E-state index >= 15 is 0 Å². The summed E-state index contributed by atoms with van der Waals surface area (Å²) in [5.41, 5.74) is 2.17. The third kappa shape index (κ3) is 7.23. The molecule has 0 saturated heterocycles. The minimum Gasteiger partial charge on any atom is -0.352 e. The summed E-state index contributed by atoms with van der Waals surface area (Å²) >= 11 is 0. The zero-order valence-electron chi connectivity index (χ0n) is 17.0. The Bertz CT molecular complexity index is 915. The first kappa shape index (κ1) is 23.0. The number of halogens is 1. The summed E-state index contributed by atoms with van der Waals surface area (Å²) in [6.45, 7) is 5.37. The Morgan fingerprint density at radius 1 is 1.07 bits per heavy atom. The molecule has 0 unspecified atom stereocenters. The van der Waals surface area contributed by atoms with Crippen LogP contribution in [0.2, 0.25) is 0 Å². The van der Waals surface area contributed by atoms with Gasteiger partial charge < -0.3 is 5.32 Å². The molecule has 0 bridgehead atoms. The van der Waals surface area contributed by atoms with Gasteiger partial charge in [0.05, 0.1) is 4.90 Å². The molecular weight excluding hydrogens is 393 g/mol. The van der Waals surface area contributed by atoms with Crippen molar-refractivity contribution in [3.8, 4) is 0 Å². The van der Waals surface area contributed by atoms with E-state index in [1.807, 2.05) is 31.3 Å². The summed E-state index contributed by atoms with van der Waals surface area (Å²) in [7, 11) is -1.72. The van der Waals surface area contributed by atoms with Crippen molar-refractivity contribution in [2.75, 3.05) is 13.6 Å².